The molecular formula is C21H24N4O2S. The molecule has 0 spiro atoms. The lowest BCUT2D eigenvalue weighted by Gasteiger charge is -2.36. The van der Waals surface area contributed by atoms with E-state index in [-0.39, 0.29) is 23.2 Å². The van der Waals surface area contributed by atoms with Crippen LogP contribution in [0.15, 0.2) is 46.6 Å². The summed E-state index contributed by atoms with van der Waals surface area (Å²) in [4.78, 5) is 28.5. The molecule has 146 valence electrons. The minimum absolute atomic E-state index is 0.158. The van der Waals surface area contributed by atoms with E-state index in [0.29, 0.717) is 17.3 Å². The van der Waals surface area contributed by atoms with Crippen LogP contribution in [-0.2, 0) is 0 Å². The third-order valence-electron chi connectivity index (χ3n) is 5.50. The Labute approximate surface area is 167 Å². The normalized spacial score (nSPS) is 16.9. The van der Waals surface area contributed by atoms with E-state index in [0.717, 1.165) is 19.0 Å². The molecule has 1 saturated heterocycles. The molecule has 7 heteroatoms. The maximum Gasteiger partial charge on any atom is 0.272 e. The second kappa shape index (κ2) is 8.24. The van der Waals surface area contributed by atoms with Gasteiger partial charge in [0.2, 0.25) is 0 Å². The highest BCUT2D eigenvalue weighted by molar-refractivity contribution is 7.10. The molecular weight excluding hydrogens is 372 g/mol. The number of nitrogens with one attached hydrogen (secondary N) is 2. The lowest BCUT2D eigenvalue weighted by atomic mass is 9.97. The van der Waals surface area contributed by atoms with Crippen molar-refractivity contribution in [2.45, 2.75) is 25.8 Å². The van der Waals surface area contributed by atoms with Gasteiger partial charge in [0.05, 0.1) is 11.4 Å². The first-order valence-corrected chi connectivity index (χ1v) is 10.5. The molecule has 3 aromatic rings. The number of nitrogens with zero attached hydrogens (tertiary/aromatic N) is 2. The zero-order chi connectivity index (χ0) is 19.5. The van der Waals surface area contributed by atoms with Gasteiger partial charge in [-0.2, -0.15) is 5.10 Å². The van der Waals surface area contributed by atoms with Crippen LogP contribution in [0.1, 0.15) is 41.2 Å². The highest BCUT2D eigenvalue weighted by Crippen LogP contribution is 2.29. The number of hydrogen-bond acceptors (Lipinski definition) is 5. The van der Waals surface area contributed by atoms with Gasteiger partial charge in [-0.05, 0) is 49.4 Å². The van der Waals surface area contributed by atoms with Crippen molar-refractivity contribution in [3.63, 3.8) is 0 Å². The molecule has 0 unspecified atom stereocenters. The summed E-state index contributed by atoms with van der Waals surface area (Å²) in [5, 5.41) is 12.6. The highest BCUT2D eigenvalue weighted by Gasteiger charge is 2.26. The molecule has 1 amide bonds. The largest absolute Gasteiger partial charge is 0.349 e. The molecule has 1 aromatic carbocycles. The first kappa shape index (κ1) is 18.8. The second-order valence-corrected chi connectivity index (χ2v) is 8.39. The summed E-state index contributed by atoms with van der Waals surface area (Å²) in [5.74, 6) is 0.492. The average Bonchev–Trinajstić information content (AvgIpc) is 3.24. The quantitative estimate of drug-likeness (QED) is 0.694. The Morgan fingerprint density at radius 3 is 2.71 bits per heavy atom. The summed E-state index contributed by atoms with van der Waals surface area (Å²) in [6, 6.07) is 11.4. The Balaban J connectivity index is 1.54. The number of amides is 1. The Hall–Kier alpha value is -2.51. The number of rotatable bonds is 5. The molecule has 0 aliphatic carbocycles. The number of carbonyl (C=O) groups excluding carboxylic acids is 1. The van der Waals surface area contributed by atoms with Crippen molar-refractivity contribution < 1.29 is 4.79 Å². The molecule has 1 fully saturated rings. The summed E-state index contributed by atoms with van der Waals surface area (Å²) < 4.78 is 0. The van der Waals surface area contributed by atoms with Gasteiger partial charge < -0.3 is 5.32 Å². The van der Waals surface area contributed by atoms with Crippen LogP contribution in [0.5, 0.6) is 0 Å². The Morgan fingerprint density at radius 1 is 1.25 bits per heavy atom. The lowest BCUT2D eigenvalue weighted by Crippen LogP contribution is -2.41. The van der Waals surface area contributed by atoms with Gasteiger partial charge >= 0.3 is 0 Å². The fourth-order valence-electron chi connectivity index (χ4n) is 3.79. The summed E-state index contributed by atoms with van der Waals surface area (Å²) in [7, 11) is 0. The van der Waals surface area contributed by atoms with Crippen molar-refractivity contribution in [1.82, 2.24) is 20.4 Å². The molecule has 6 nitrogen and oxygen atoms in total. The van der Waals surface area contributed by atoms with Crippen LogP contribution in [0.4, 0.5) is 0 Å². The predicted molar refractivity (Wildman–Crippen MR) is 112 cm³/mol. The van der Waals surface area contributed by atoms with Crippen LogP contribution in [0, 0.1) is 5.92 Å². The molecule has 1 atom stereocenters. The first-order chi connectivity index (χ1) is 13.6. The van der Waals surface area contributed by atoms with Crippen molar-refractivity contribution in [2.24, 2.45) is 5.92 Å². The maximum absolute atomic E-state index is 12.9. The minimum Gasteiger partial charge on any atom is -0.349 e. The fourth-order valence-corrected chi connectivity index (χ4v) is 4.65. The van der Waals surface area contributed by atoms with Gasteiger partial charge in [-0.15, -0.1) is 11.3 Å². The van der Waals surface area contributed by atoms with Crippen molar-refractivity contribution >= 4 is 28.0 Å². The van der Waals surface area contributed by atoms with Crippen molar-refractivity contribution in [3.05, 3.63) is 62.7 Å². The summed E-state index contributed by atoms with van der Waals surface area (Å²) in [5.41, 5.74) is -0.0292. The van der Waals surface area contributed by atoms with Gasteiger partial charge in [-0.1, -0.05) is 31.2 Å². The van der Waals surface area contributed by atoms with Gasteiger partial charge in [0, 0.05) is 16.8 Å². The third kappa shape index (κ3) is 3.86. The smallest absolute Gasteiger partial charge is 0.272 e. The number of aromatic nitrogens is 2. The lowest BCUT2D eigenvalue weighted by molar-refractivity contribution is 0.0911. The summed E-state index contributed by atoms with van der Waals surface area (Å²) in [6.07, 6.45) is 2.36. The number of carbonyl (C=O) groups is 1. The van der Waals surface area contributed by atoms with Crippen LogP contribution in [-0.4, -0.2) is 40.6 Å². The number of aromatic amines is 1. The van der Waals surface area contributed by atoms with Crippen LogP contribution in [0.2, 0.25) is 0 Å². The summed E-state index contributed by atoms with van der Waals surface area (Å²) >= 11 is 1.72. The zero-order valence-corrected chi connectivity index (χ0v) is 16.7. The third-order valence-corrected chi connectivity index (χ3v) is 6.47. The predicted octanol–water partition coefficient (Wildman–Crippen LogP) is 3.19. The molecule has 0 radical (unpaired) electrons. The van der Waals surface area contributed by atoms with Gasteiger partial charge in [0.1, 0.15) is 0 Å². The van der Waals surface area contributed by atoms with Gasteiger partial charge in [0.15, 0.2) is 5.69 Å². The standard InChI is InChI=1S/C21H24N4O2S/c1-14-8-10-25(11-9-14)17(18-7-4-12-28-18)13-22-21(27)19-15-5-2-3-6-16(15)20(26)24-23-19/h2-7,12,14,17H,8-11,13H2,1H3,(H,22,27)(H,24,26)/t17-/m1/s1. The molecule has 28 heavy (non-hydrogen) atoms. The maximum atomic E-state index is 12.9. The number of likely N-dealkylation sites (tertiary alicyclic amines) is 1. The van der Waals surface area contributed by atoms with Gasteiger partial charge in [-0.25, -0.2) is 5.10 Å². The molecule has 1 aliphatic rings. The minimum atomic E-state index is -0.286. The number of hydrogen-bond donors (Lipinski definition) is 2. The van der Waals surface area contributed by atoms with E-state index in [2.05, 4.69) is 44.9 Å². The van der Waals surface area contributed by atoms with E-state index in [4.69, 9.17) is 0 Å². The van der Waals surface area contributed by atoms with E-state index in [1.54, 1.807) is 29.5 Å². The second-order valence-electron chi connectivity index (χ2n) is 7.41. The fraction of sp³-hybridized carbons (Fsp3) is 0.381. The Kier molecular flexibility index (Phi) is 5.54. The van der Waals surface area contributed by atoms with Crippen LogP contribution in [0.3, 0.4) is 0 Å². The van der Waals surface area contributed by atoms with Crippen LogP contribution < -0.4 is 10.9 Å². The van der Waals surface area contributed by atoms with E-state index in [1.165, 1.54) is 17.7 Å². The Morgan fingerprint density at radius 2 is 2.00 bits per heavy atom. The van der Waals surface area contributed by atoms with Gasteiger partial charge in [0.25, 0.3) is 11.5 Å². The van der Waals surface area contributed by atoms with Gasteiger partial charge in [-0.3, -0.25) is 14.5 Å². The average molecular weight is 397 g/mol. The number of H-pyrrole nitrogens is 1. The molecule has 4 rings (SSSR count). The van der Waals surface area contributed by atoms with Crippen molar-refractivity contribution in [2.75, 3.05) is 19.6 Å². The monoisotopic (exact) mass is 396 g/mol. The van der Waals surface area contributed by atoms with Crippen LogP contribution in [0.25, 0.3) is 10.8 Å². The van der Waals surface area contributed by atoms with Crippen LogP contribution >= 0.6 is 11.3 Å². The number of piperidine rings is 1. The molecule has 3 heterocycles. The molecule has 0 saturated carbocycles. The summed E-state index contributed by atoms with van der Waals surface area (Å²) in [6.45, 7) is 4.90. The van der Waals surface area contributed by atoms with E-state index in [1.807, 2.05) is 6.07 Å². The SMILES string of the molecule is CC1CCN([C@H](CNC(=O)c2n[nH]c(=O)c3ccccc23)c2cccs2)CC1. The topological polar surface area (TPSA) is 78.1 Å². The number of thiophene rings is 1. The molecule has 0 bridgehead atoms. The first-order valence-electron chi connectivity index (χ1n) is 9.66. The Bertz CT molecular complexity index is 1010. The molecule has 2 aromatic heterocycles. The van der Waals surface area contributed by atoms with Crippen molar-refractivity contribution in [1.29, 1.82) is 0 Å². The zero-order valence-electron chi connectivity index (χ0n) is 15.9. The number of fused-ring (bicyclic) bond motifs is 1. The van der Waals surface area contributed by atoms with E-state index < -0.39 is 0 Å². The van der Waals surface area contributed by atoms with Crippen molar-refractivity contribution in [3.8, 4) is 0 Å². The number of benzene rings is 1. The van der Waals surface area contributed by atoms with E-state index in [9.17, 15) is 9.59 Å². The highest BCUT2D eigenvalue weighted by atomic mass is 32.1. The molecule has 2 N–H and O–H groups in total. The van der Waals surface area contributed by atoms with E-state index >= 15 is 0 Å². The molecule has 1 aliphatic heterocycles.